The van der Waals surface area contributed by atoms with E-state index in [1.54, 1.807) is 23.1 Å². The van der Waals surface area contributed by atoms with Crippen LogP contribution in [-0.2, 0) is 0 Å². The quantitative estimate of drug-likeness (QED) is 0.946. The highest BCUT2D eigenvalue weighted by atomic mass is 35.5. The van der Waals surface area contributed by atoms with Crippen molar-refractivity contribution < 1.29 is 14.4 Å². The first kappa shape index (κ1) is 14.1. The molecule has 1 N–H and O–H groups in total. The fourth-order valence-corrected chi connectivity index (χ4v) is 2.67. The minimum atomic E-state index is -0.164. The number of aromatic nitrogens is 1. The zero-order valence-corrected chi connectivity index (χ0v) is 12.1. The van der Waals surface area contributed by atoms with Crippen LogP contribution in [0.2, 0.25) is 5.02 Å². The van der Waals surface area contributed by atoms with Gasteiger partial charge in [-0.2, -0.15) is 0 Å². The second-order valence-corrected chi connectivity index (χ2v) is 5.61. The molecule has 6 heteroatoms. The van der Waals surface area contributed by atoms with E-state index < -0.39 is 0 Å². The average molecular weight is 307 g/mol. The Bertz CT molecular complexity index is 656. The lowest BCUT2D eigenvalue weighted by atomic mass is 10.1. The van der Waals surface area contributed by atoms with Gasteiger partial charge in [-0.05, 0) is 18.6 Å². The lowest BCUT2D eigenvalue weighted by Gasteiger charge is -2.13. The molecule has 1 unspecified atom stereocenters. The molecule has 3 rings (SSSR count). The summed E-state index contributed by atoms with van der Waals surface area (Å²) in [6.45, 7) is 1.31. The predicted octanol–water partition coefficient (Wildman–Crippen LogP) is 2.45. The van der Waals surface area contributed by atoms with Crippen molar-refractivity contribution >= 4 is 17.5 Å². The first-order valence-electron chi connectivity index (χ1n) is 6.80. The zero-order valence-electron chi connectivity index (χ0n) is 11.3. The largest absolute Gasteiger partial charge is 0.396 e. The fourth-order valence-electron chi connectivity index (χ4n) is 2.48. The summed E-state index contributed by atoms with van der Waals surface area (Å²) >= 11 is 5.94. The number of likely N-dealkylation sites (tertiary alicyclic amines) is 1. The van der Waals surface area contributed by atoms with Crippen molar-refractivity contribution in [2.24, 2.45) is 5.92 Å². The smallest absolute Gasteiger partial charge is 0.276 e. The molecule has 0 aliphatic carbocycles. The van der Waals surface area contributed by atoms with Crippen LogP contribution in [0.15, 0.2) is 34.9 Å². The molecule has 1 atom stereocenters. The van der Waals surface area contributed by atoms with Gasteiger partial charge in [-0.15, -0.1) is 0 Å². The molecule has 0 spiro atoms. The van der Waals surface area contributed by atoms with Crippen molar-refractivity contribution in [2.45, 2.75) is 6.42 Å². The van der Waals surface area contributed by atoms with Crippen LogP contribution < -0.4 is 0 Å². The number of hydrogen-bond acceptors (Lipinski definition) is 4. The number of amides is 1. The highest BCUT2D eigenvalue weighted by Crippen LogP contribution is 2.25. The lowest BCUT2D eigenvalue weighted by Crippen LogP contribution is -2.29. The molecular weight excluding hydrogens is 292 g/mol. The van der Waals surface area contributed by atoms with E-state index in [2.05, 4.69) is 5.16 Å². The summed E-state index contributed by atoms with van der Waals surface area (Å²) in [4.78, 5) is 14.0. The summed E-state index contributed by atoms with van der Waals surface area (Å²) in [6, 6.07) is 8.81. The third-order valence-corrected chi connectivity index (χ3v) is 3.90. The molecule has 1 fully saturated rings. The maximum Gasteiger partial charge on any atom is 0.276 e. The van der Waals surface area contributed by atoms with Crippen LogP contribution in [0.25, 0.3) is 11.3 Å². The Hall–Kier alpha value is -1.85. The number of aliphatic hydroxyl groups excluding tert-OH is 1. The minimum absolute atomic E-state index is 0.107. The second-order valence-electron chi connectivity index (χ2n) is 5.18. The molecule has 5 nitrogen and oxygen atoms in total. The first-order chi connectivity index (χ1) is 10.2. The van der Waals surface area contributed by atoms with Gasteiger partial charge in [0, 0.05) is 42.3 Å². The van der Waals surface area contributed by atoms with Gasteiger partial charge in [0.05, 0.1) is 0 Å². The molecule has 1 aromatic carbocycles. The number of aliphatic hydroxyl groups is 1. The van der Waals surface area contributed by atoms with Gasteiger partial charge in [0.25, 0.3) is 5.91 Å². The van der Waals surface area contributed by atoms with Gasteiger partial charge in [-0.25, -0.2) is 0 Å². The third-order valence-electron chi connectivity index (χ3n) is 3.67. The van der Waals surface area contributed by atoms with Crippen LogP contribution >= 0.6 is 11.6 Å². The molecule has 1 saturated heterocycles. The summed E-state index contributed by atoms with van der Waals surface area (Å²) in [5.41, 5.74) is 1.06. The van der Waals surface area contributed by atoms with Crippen LogP contribution in [0, 0.1) is 5.92 Å². The summed E-state index contributed by atoms with van der Waals surface area (Å²) in [6.07, 6.45) is 0.821. The number of rotatable bonds is 3. The van der Waals surface area contributed by atoms with Crippen molar-refractivity contribution in [3.63, 3.8) is 0 Å². The SMILES string of the molecule is O=C(c1cc(-c2cccc(Cl)c2)on1)N1CCC(CO)C1. The molecule has 1 amide bonds. The van der Waals surface area contributed by atoms with E-state index in [-0.39, 0.29) is 24.1 Å². The van der Waals surface area contributed by atoms with Crippen molar-refractivity contribution in [3.05, 3.63) is 41.0 Å². The molecule has 0 radical (unpaired) electrons. The molecule has 1 aliphatic heterocycles. The number of nitrogens with zero attached hydrogens (tertiary/aromatic N) is 2. The van der Waals surface area contributed by atoms with E-state index >= 15 is 0 Å². The van der Waals surface area contributed by atoms with Gasteiger partial charge in [0.2, 0.25) is 0 Å². The van der Waals surface area contributed by atoms with Gasteiger partial charge in [0.15, 0.2) is 11.5 Å². The normalized spacial score (nSPS) is 18.2. The maximum atomic E-state index is 12.3. The number of carbonyl (C=O) groups excluding carboxylic acids is 1. The van der Waals surface area contributed by atoms with Gasteiger partial charge in [-0.1, -0.05) is 28.9 Å². The van der Waals surface area contributed by atoms with E-state index in [1.165, 1.54) is 0 Å². The molecule has 0 saturated carbocycles. The molecule has 1 aromatic heterocycles. The van der Waals surface area contributed by atoms with Crippen molar-refractivity contribution in [1.29, 1.82) is 0 Å². The molecule has 1 aliphatic rings. The topological polar surface area (TPSA) is 66.6 Å². The van der Waals surface area contributed by atoms with Crippen LogP contribution in [0.3, 0.4) is 0 Å². The van der Waals surface area contributed by atoms with E-state index in [4.69, 9.17) is 21.2 Å². The molecule has 2 heterocycles. The fraction of sp³-hybridized carbons (Fsp3) is 0.333. The lowest BCUT2D eigenvalue weighted by molar-refractivity contribution is 0.0771. The Kier molecular flexibility index (Phi) is 3.94. The molecule has 0 bridgehead atoms. The van der Waals surface area contributed by atoms with E-state index in [9.17, 15) is 4.79 Å². The standard InChI is InChI=1S/C15H15ClN2O3/c16-12-3-1-2-11(6-12)14-7-13(17-21-14)15(20)18-5-4-10(8-18)9-19/h1-3,6-7,10,19H,4-5,8-9H2. The zero-order chi connectivity index (χ0) is 14.8. The summed E-state index contributed by atoms with van der Waals surface area (Å²) in [5, 5.41) is 13.6. The van der Waals surface area contributed by atoms with Crippen molar-refractivity contribution in [1.82, 2.24) is 10.1 Å². The minimum Gasteiger partial charge on any atom is -0.396 e. The molecule has 2 aromatic rings. The number of carbonyl (C=O) groups is 1. The van der Waals surface area contributed by atoms with E-state index in [1.807, 2.05) is 12.1 Å². The number of hydrogen-bond donors (Lipinski definition) is 1. The summed E-state index contributed by atoms with van der Waals surface area (Å²) < 4.78 is 5.23. The van der Waals surface area contributed by atoms with Crippen molar-refractivity contribution in [2.75, 3.05) is 19.7 Å². The summed E-state index contributed by atoms with van der Waals surface area (Å²) in [5.74, 6) is 0.509. The Balaban J connectivity index is 1.77. The summed E-state index contributed by atoms with van der Waals surface area (Å²) in [7, 11) is 0. The van der Waals surface area contributed by atoms with Crippen LogP contribution in [0.4, 0.5) is 0 Å². The number of benzene rings is 1. The molecular formula is C15H15ClN2O3. The molecule has 110 valence electrons. The van der Waals surface area contributed by atoms with E-state index in [0.29, 0.717) is 23.9 Å². The van der Waals surface area contributed by atoms with Crippen LogP contribution in [0.1, 0.15) is 16.9 Å². The van der Waals surface area contributed by atoms with Gasteiger partial charge in [-0.3, -0.25) is 4.79 Å². The van der Waals surface area contributed by atoms with Crippen LogP contribution in [-0.4, -0.2) is 40.8 Å². The predicted molar refractivity (Wildman–Crippen MR) is 78.0 cm³/mol. The highest BCUT2D eigenvalue weighted by molar-refractivity contribution is 6.30. The maximum absolute atomic E-state index is 12.3. The molecule has 21 heavy (non-hydrogen) atoms. The Labute approximate surface area is 127 Å². The Morgan fingerprint density at radius 3 is 3.05 bits per heavy atom. The first-order valence-corrected chi connectivity index (χ1v) is 7.18. The van der Waals surface area contributed by atoms with Gasteiger partial charge >= 0.3 is 0 Å². The Morgan fingerprint density at radius 2 is 2.33 bits per heavy atom. The van der Waals surface area contributed by atoms with Gasteiger partial charge < -0.3 is 14.5 Å². The van der Waals surface area contributed by atoms with Gasteiger partial charge in [0.1, 0.15) is 0 Å². The monoisotopic (exact) mass is 306 g/mol. The Morgan fingerprint density at radius 1 is 1.48 bits per heavy atom. The average Bonchev–Trinajstić information content (AvgIpc) is 3.16. The highest BCUT2D eigenvalue weighted by Gasteiger charge is 2.28. The second kappa shape index (κ2) is 5.87. The number of halogens is 1. The van der Waals surface area contributed by atoms with E-state index in [0.717, 1.165) is 12.0 Å². The van der Waals surface area contributed by atoms with Crippen molar-refractivity contribution in [3.8, 4) is 11.3 Å². The third kappa shape index (κ3) is 2.94. The van der Waals surface area contributed by atoms with Crippen LogP contribution in [0.5, 0.6) is 0 Å².